The van der Waals surface area contributed by atoms with Gasteiger partial charge < -0.3 is 24.8 Å². The summed E-state index contributed by atoms with van der Waals surface area (Å²) in [6, 6.07) is 22.3. The minimum Gasteiger partial charge on any atom is -1.00 e. The van der Waals surface area contributed by atoms with Gasteiger partial charge in [-0.2, -0.15) is 0 Å². The molecule has 0 aromatic heterocycles. The molecule has 0 saturated heterocycles. The molecule has 0 nitrogen and oxygen atoms in total. The van der Waals surface area contributed by atoms with Crippen LogP contribution in [0.25, 0.3) is 0 Å². The Labute approximate surface area is 199 Å². The molecule has 0 radical (unpaired) electrons. The smallest absolute Gasteiger partial charge is 1.00 e. The summed E-state index contributed by atoms with van der Waals surface area (Å²) in [7, 11) is 0. The van der Waals surface area contributed by atoms with Crippen LogP contribution in [-0.2, 0) is 17.4 Å². The summed E-state index contributed by atoms with van der Waals surface area (Å²) in [5.74, 6) is 0. The molecule has 0 aliphatic heterocycles. The van der Waals surface area contributed by atoms with E-state index in [1.165, 1.54) is 22.3 Å². The zero-order valence-electron chi connectivity index (χ0n) is 18.1. The van der Waals surface area contributed by atoms with Gasteiger partial charge >= 0.3 is 176 Å². The van der Waals surface area contributed by atoms with Gasteiger partial charge in [0.25, 0.3) is 0 Å². The minimum atomic E-state index is -1.90. The summed E-state index contributed by atoms with van der Waals surface area (Å²) in [4.78, 5) is 0. The van der Waals surface area contributed by atoms with Crippen molar-refractivity contribution in [3.8, 4) is 0 Å². The number of rotatable bonds is 4. The van der Waals surface area contributed by atoms with E-state index < -0.39 is 17.4 Å². The van der Waals surface area contributed by atoms with Crippen LogP contribution in [0.3, 0.4) is 0 Å². The fourth-order valence-corrected chi connectivity index (χ4v) is 10.0. The van der Waals surface area contributed by atoms with Crippen LogP contribution < -0.4 is 24.8 Å². The molecule has 2 aromatic carbocycles. The Morgan fingerprint density at radius 1 is 0.600 bits per heavy atom. The Morgan fingerprint density at radius 2 is 0.967 bits per heavy atom. The Hall–Kier alpha value is -1.44. The van der Waals surface area contributed by atoms with E-state index in [0.29, 0.717) is 0 Å². The maximum atomic E-state index is 2.44. The average Bonchev–Trinajstić information content (AvgIpc) is 3.23. The van der Waals surface area contributed by atoms with Gasteiger partial charge in [0, 0.05) is 0 Å². The summed E-state index contributed by atoms with van der Waals surface area (Å²) in [5.41, 5.74) is 8.84. The molecule has 30 heavy (non-hydrogen) atoms. The van der Waals surface area contributed by atoms with E-state index in [-0.39, 0.29) is 24.8 Å². The van der Waals surface area contributed by atoms with Gasteiger partial charge in [0.1, 0.15) is 0 Å². The fraction of sp³-hybridized carbons (Fsp3) is 0.222. The van der Waals surface area contributed by atoms with Crippen LogP contribution in [0.2, 0.25) is 0 Å². The van der Waals surface area contributed by atoms with Crippen LogP contribution in [0.5, 0.6) is 0 Å². The molecule has 4 rings (SSSR count). The molecule has 0 spiro atoms. The summed E-state index contributed by atoms with van der Waals surface area (Å²) in [6.07, 6.45) is 7.14. The van der Waals surface area contributed by atoms with Crippen molar-refractivity contribution in [2.45, 2.75) is 40.5 Å². The maximum Gasteiger partial charge on any atom is -1.00 e. The normalized spacial score (nSPS) is 15.0. The molecule has 0 saturated carbocycles. The van der Waals surface area contributed by atoms with Crippen molar-refractivity contribution < 1.29 is 42.2 Å². The van der Waals surface area contributed by atoms with Crippen molar-refractivity contribution in [1.29, 1.82) is 0 Å². The Bertz CT molecular complexity index is 983. The van der Waals surface area contributed by atoms with Crippen molar-refractivity contribution in [2.24, 2.45) is 0 Å². The average molecular weight is 471 g/mol. The maximum absolute atomic E-state index is 2.44. The molecular formula is C27H28Cl2Ti. The quantitative estimate of drug-likeness (QED) is 0.587. The van der Waals surface area contributed by atoms with Gasteiger partial charge in [-0.3, -0.25) is 0 Å². The van der Waals surface area contributed by atoms with E-state index in [2.05, 4.69) is 101 Å². The molecule has 0 fully saturated rings. The third kappa shape index (κ3) is 4.73. The second kappa shape index (κ2) is 10.7. The van der Waals surface area contributed by atoms with E-state index in [1.807, 2.05) is 0 Å². The summed E-state index contributed by atoms with van der Waals surface area (Å²) in [5, 5.41) is 0. The summed E-state index contributed by atoms with van der Waals surface area (Å²) < 4.78 is 5.08. The molecular weight excluding hydrogens is 443 g/mol. The van der Waals surface area contributed by atoms with Crippen LogP contribution >= 0.6 is 0 Å². The fourth-order valence-electron chi connectivity index (χ4n) is 4.33. The molecule has 0 atom stereocenters. The van der Waals surface area contributed by atoms with Crippen molar-refractivity contribution in [3.05, 3.63) is 114 Å². The first-order chi connectivity index (χ1) is 13.6. The zero-order chi connectivity index (χ0) is 19.7. The van der Waals surface area contributed by atoms with Gasteiger partial charge in [-0.15, -0.1) is 0 Å². The molecule has 154 valence electrons. The standard InChI is InChI=1S/C13H10.2C7H9.2ClH.Ti/c1-3-7-12(8-4-1)11-13-9-5-2-6-10-13;2*1-6-4-3-5-7(6)2;;;/h1-10H;2*4H,3H2,1-2H3;2*1H;/q;;;;;+2/p-2. The molecule has 0 bridgehead atoms. The van der Waals surface area contributed by atoms with E-state index in [9.17, 15) is 0 Å². The zero-order valence-corrected chi connectivity index (χ0v) is 21.2. The number of halogens is 2. The second-order valence-corrected chi connectivity index (χ2v) is 11.7. The Balaban J connectivity index is 0.00000160. The number of allylic oxidation sites excluding steroid dienone is 8. The van der Waals surface area contributed by atoms with Crippen molar-refractivity contribution in [3.63, 3.8) is 0 Å². The SMILES string of the molecule is CC1=CC[C]([Ti+2]([C]2=C(C)C(C)=CC2)=[C](c2ccccc2)c2ccccc2)=C1C.[Cl-].[Cl-]. The van der Waals surface area contributed by atoms with Gasteiger partial charge in [-0.25, -0.2) is 0 Å². The first-order valence-electron chi connectivity index (χ1n) is 10.2. The molecule has 2 aliphatic rings. The number of benzene rings is 2. The Morgan fingerprint density at radius 3 is 1.27 bits per heavy atom. The van der Waals surface area contributed by atoms with Gasteiger partial charge in [0.2, 0.25) is 0 Å². The van der Waals surface area contributed by atoms with Crippen LogP contribution in [0.4, 0.5) is 0 Å². The van der Waals surface area contributed by atoms with E-state index in [1.54, 1.807) is 22.7 Å². The van der Waals surface area contributed by atoms with Gasteiger partial charge in [0.05, 0.1) is 0 Å². The molecule has 0 N–H and O–H groups in total. The molecule has 0 heterocycles. The van der Waals surface area contributed by atoms with Crippen molar-refractivity contribution in [2.75, 3.05) is 0 Å². The molecule has 2 aliphatic carbocycles. The largest absolute Gasteiger partial charge is 1.00 e. The second-order valence-electron chi connectivity index (χ2n) is 7.87. The van der Waals surface area contributed by atoms with Gasteiger partial charge in [0.15, 0.2) is 0 Å². The van der Waals surface area contributed by atoms with Crippen molar-refractivity contribution >= 4 is 3.81 Å². The van der Waals surface area contributed by atoms with E-state index in [0.717, 1.165) is 12.8 Å². The predicted octanol–water partition coefficient (Wildman–Crippen LogP) is 1.13. The molecule has 3 heteroatoms. The van der Waals surface area contributed by atoms with E-state index in [4.69, 9.17) is 0 Å². The van der Waals surface area contributed by atoms with Crippen LogP contribution in [-0.4, -0.2) is 3.81 Å². The Kier molecular flexibility index (Phi) is 8.89. The van der Waals surface area contributed by atoms with Gasteiger partial charge in [-0.1, -0.05) is 0 Å². The monoisotopic (exact) mass is 470 g/mol. The molecule has 2 aromatic rings. The van der Waals surface area contributed by atoms with Gasteiger partial charge in [-0.05, 0) is 0 Å². The first-order valence-corrected chi connectivity index (χ1v) is 12.5. The summed E-state index contributed by atoms with van der Waals surface area (Å²) in [6.45, 7) is 9.25. The van der Waals surface area contributed by atoms with E-state index >= 15 is 0 Å². The summed E-state index contributed by atoms with van der Waals surface area (Å²) >= 11 is -1.90. The predicted molar refractivity (Wildman–Crippen MR) is 118 cm³/mol. The van der Waals surface area contributed by atoms with Crippen molar-refractivity contribution in [1.82, 2.24) is 0 Å². The minimum absolute atomic E-state index is 0. The number of hydrogen-bond donors (Lipinski definition) is 0. The van der Waals surface area contributed by atoms with Crippen LogP contribution in [0.1, 0.15) is 51.7 Å². The topological polar surface area (TPSA) is 0 Å². The van der Waals surface area contributed by atoms with Crippen LogP contribution in [0, 0.1) is 0 Å². The van der Waals surface area contributed by atoms with Crippen LogP contribution in [0.15, 0.2) is 103 Å². The first kappa shape index (κ1) is 24.8. The molecule has 0 amide bonds. The number of hydrogen-bond acceptors (Lipinski definition) is 0. The third-order valence-electron chi connectivity index (χ3n) is 6.29. The molecule has 0 unspecified atom stereocenters. The third-order valence-corrected chi connectivity index (χ3v) is 11.7.